The molecule has 1 saturated carbocycles. The number of nitrogens with two attached hydrogens (primary N) is 1. The third kappa shape index (κ3) is 2.48. The maximum atomic E-state index is 14.0. The molecule has 0 aromatic heterocycles. The Morgan fingerprint density at radius 2 is 2.00 bits per heavy atom. The normalized spacial score (nSPS) is 15.6. The third-order valence-electron chi connectivity index (χ3n) is 3.79. The second-order valence-electron chi connectivity index (χ2n) is 4.91. The van der Waals surface area contributed by atoms with E-state index < -0.39 is 11.6 Å². The summed E-state index contributed by atoms with van der Waals surface area (Å²) in [6, 6.07) is 3.22. The van der Waals surface area contributed by atoms with Crippen molar-refractivity contribution < 1.29 is 8.78 Å². The van der Waals surface area contributed by atoms with Gasteiger partial charge in [0.15, 0.2) is 11.6 Å². The SMILES string of the molecule is CCN(CC1CCC1)c1ccc(CN)c(F)c1F. The molecule has 0 bridgehead atoms. The molecule has 1 aromatic rings. The second-order valence-corrected chi connectivity index (χ2v) is 4.91. The van der Waals surface area contributed by atoms with Gasteiger partial charge in [-0.15, -0.1) is 0 Å². The lowest BCUT2D eigenvalue weighted by Gasteiger charge is -2.33. The third-order valence-corrected chi connectivity index (χ3v) is 3.79. The van der Waals surface area contributed by atoms with E-state index in [9.17, 15) is 8.78 Å². The minimum atomic E-state index is -0.804. The first-order valence-corrected chi connectivity index (χ1v) is 6.59. The number of benzene rings is 1. The van der Waals surface area contributed by atoms with Crippen molar-refractivity contribution in [3.8, 4) is 0 Å². The summed E-state index contributed by atoms with van der Waals surface area (Å²) in [7, 11) is 0. The van der Waals surface area contributed by atoms with Crippen LogP contribution < -0.4 is 10.6 Å². The lowest BCUT2D eigenvalue weighted by molar-refractivity contribution is 0.317. The van der Waals surface area contributed by atoms with Crippen molar-refractivity contribution >= 4 is 5.69 Å². The highest BCUT2D eigenvalue weighted by Gasteiger charge is 2.23. The van der Waals surface area contributed by atoms with Crippen LogP contribution >= 0.6 is 0 Å². The van der Waals surface area contributed by atoms with Crippen LogP contribution in [-0.2, 0) is 6.54 Å². The van der Waals surface area contributed by atoms with Crippen molar-refractivity contribution in [1.29, 1.82) is 0 Å². The molecule has 0 heterocycles. The fourth-order valence-electron chi connectivity index (χ4n) is 2.37. The number of anilines is 1. The van der Waals surface area contributed by atoms with Gasteiger partial charge >= 0.3 is 0 Å². The maximum Gasteiger partial charge on any atom is 0.182 e. The van der Waals surface area contributed by atoms with Gasteiger partial charge in [0, 0.05) is 25.2 Å². The number of nitrogens with zero attached hydrogens (tertiary/aromatic N) is 1. The van der Waals surface area contributed by atoms with E-state index in [1.807, 2.05) is 11.8 Å². The largest absolute Gasteiger partial charge is 0.369 e. The minimum Gasteiger partial charge on any atom is -0.369 e. The smallest absolute Gasteiger partial charge is 0.182 e. The Kier molecular flexibility index (Phi) is 4.17. The molecule has 100 valence electrons. The Balaban J connectivity index is 2.21. The molecule has 0 aliphatic heterocycles. The predicted octanol–water partition coefficient (Wildman–Crippen LogP) is 3.05. The molecule has 0 atom stereocenters. The Morgan fingerprint density at radius 3 is 2.50 bits per heavy atom. The van der Waals surface area contributed by atoms with E-state index in [2.05, 4.69) is 0 Å². The topological polar surface area (TPSA) is 29.3 Å². The molecule has 0 radical (unpaired) electrons. The molecule has 1 aliphatic rings. The van der Waals surface area contributed by atoms with Gasteiger partial charge in [0.25, 0.3) is 0 Å². The summed E-state index contributed by atoms with van der Waals surface area (Å²) < 4.78 is 27.7. The first-order chi connectivity index (χ1) is 8.67. The van der Waals surface area contributed by atoms with Crippen molar-refractivity contribution in [1.82, 2.24) is 0 Å². The van der Waals surface area contributed by atoms with Crippen LogP contribution in [0.3, 0.4) is 0 Å². The van der Waals surface area contributed by atoms with Crippen LogP contribution in [0.15, 0.2) is 12.1 Å². The zero-order valence-corrected chi connectivity index (χ0v) is 10.8. The molecule has 1 aliphatic carbocycles. The van der Waals surface area contributed by atoms with Crippen molar-refractivity contribution in [3.05, 3.63) is 29.3 Å². The summed E-state index contributed by atoms with van der Waals surface area (Å²) in [4.78, 5) is 1.92. The summed E-state index contributed by atoms with van der Waals surface area (Å²) in [6.07, 6.45) is 3.65. The summed E-state index contributed by atoms with van der Waals surface area (Å²) in [5.41, 5.74) is 5.96. The van der Waals surface area contributed by atoms with Gasteiger partial charge < -0.3 is 10.6 Å². The number of hydrogen-bond acceptors (Lipinski definition) is 2. The highest BCUT2D eigenvalue weighted by atomic mass is 19.2. The van der Waals surface area contributed by atoms with E-state index >= 15 is 0 Å². The van der Waals surface area contributed by atoms with Gasteiger partial charge in [-0.3, -0.25) is 0 Å². The monoisotopic (exact) mass is 254 g/mol. The Bertz CT molecular complexity index is 417. The van der Waals surface area contributed by atoms with Crippen LogP contribution in [0.4, 0.5) is 14.5 Å². The molecule has 0 unspecified atom stereocenters. The summed E-state index contributed by atoms with van der Waals surface area (Å²) in [5.74, 6) is -0.942. The molecule has 1 fully saturated rings. The Labute approximate surface area is 107 Å². The molecule has 1 aromatic carbocycles. The van der Waals surface area contributed by atoms with Gasteiger partial charge in [-0.25, -0.2) is 8.78 Å². The zero-order valence-electron chi connectivity index (χ0n) is 10.8. The van der Waals surface area contributed by atoms with Crippen LogP contribution in [0.2, 0.25) is 0 Å². The van der Waals surface area contributed by atoms with Crippen molar-refractivity contribution in [3.63, 3.8) is 0 Å². The van der Waals surface area contributed by atoms with Crippen LogP contribution in [0.25, 0.3) is 0 Å². The number of hydrogen-bond donors (Lipinski definition) is 1. The fourth-order valence-corrected chi connectivity index (χ4v) is 2.37. The molecule has 2 nitrogen and oxygen atoms in total. The minimum absolute atomic E-state index is 0.0256. The van der Waals surface area contributed by atoms with E-state index in [0.29, 0.717) is 18.2 Å². The van der Waals surface area contributed by atoms with E-state index in [4.69, 9.17) is 5.73 Å². The molecule has 2 N–H and O–H groups in total. The van der Waals surface area contributed by atoms with Crippen LogP contribution in [0.5, 0.6) is 0 Å². The first-order valence-electron chi connectivity index (χ1n) is 6.59. The van der Waals surface area contributed by atoms with Crippen molar-refractivity contribution in [2.75, 3.05) is 18.0 Å². The number of halogens is 2. The van der Waals surface area contributed by atoms with Gasteiger partial charge in [0.1, 0.15) is 0 Å². The molecule has 0 spiro atoms. The average molecular weight is 254 g/mol. The highest BCUT2D eigenvalue weighted by molar-refractivity contribution is 5.50. The van der Waals surface area contributed by atoms with Crippen molar-refractivity contribution in [2.45, 2.75) is 32.7 Å². The molecule has 4 heteroatoms. The van der Waals surface area contributed by atoms with E-state index in [1.54, 1.807) is 12.1 Å². The number of rotatable bonds is 5. The van der Waals surface area contributed by atoms with Crippen molar-refractivity contribution in [2.24, 2.45) is 11.7 Å². The van der Waals surface area contributed by atoms with E-state index in [-0.39, 0.29) is 12.1 Å². The highest BCUT2D eigenvalue weighted by Crippen LogP contribution is 2.30. The molecular formula is C14H20F2N2. The molecular weight excluding hydrogens is 234 g/mol. The summed E-state index contributed by atoms with van der Waals surface area (Å²) in [5, 5.41) is 0. The fraction of sp³-hybridized carbons (Fsp3) is 0.571. The molecule has 0 saturated heterocycles. The van der Waals surface area contributed by atoms with Gasteiger partial charge in [-0.2, -0.15) is 0 Å². The molecule has 2 rings (SSSR count). The zero-order chi connectivity index (χ0) is 13.1. The standard InChI is InChI=1S/C14H20F2N2/c1-2-18(9-10-4-3-5-10)12-7-6-11(8-17)13(15)14(12)16/h6-7,10H,2-5,8-9,17H2,1H3. The van der Waals surface area contributed by atoms with Crippen LogP contribution in [0, 0.1) is 17.6 Å². The second kappa shape index (κ2) is 5.65. The predicted molar refractivity (Wildman–Crippen MR) is 69.5 cm³/mol. The van der Waals surface area contributed by atoms with Gasteiger partial charge in [-0.05, 0) is 31.7 Å². The van der Waals surface area contributed by atoms with Crippen LogP contribution in [0.1, 0.15) is 31.7 Å². The Morgan fingerprint density at radius 1 is 1.28 bits per heavy atom. The van der Waals surface area contributed by atoms with Gasteiger partial charge in [-0.1, -0.05) is 12.5 Å². The van der Waals surface area contributed by atoms with Gasteiger partial charge in [0.2, 0.25) is 0 Å². The van der Waals surface area contributed by atoms with Gasteiger partial charge in [0.05, 0.1) is 5.69 Å². The molecule has 0 amide bonds. The maximum absolute atomic E-state index is 14.0. The van der Waals surface area contributed by atoms with E-state index in [0.717, 1.165) is 6.54 Å². The van der Waals surface area contributed by atoms with E-state index in [1.165, 1.54) is 19.3 Å². The lowest BCUT2D eigenvalue weighted by atomic mass is 9.85. The first kappa shape index (κ1) is 13.3. The average Bonchev–Trinajstić information content (AvgIpc) is 2.33. The summed E-state index contributed by atoms with van der Waals surface area (Å²) in [6.45, 7) is 3.49. The van der Waals surface area contributed by atoms with Crippen LogP contribution in [-0.4, -0.2) is 13.1 Å². The quantitative estimate of drug-likeness (QED) is 0.875. The molecule has 18 heavy (non-hydrogen) atoms. The Hall–Kier alpha value is -1.16. The lowest BCUT2D eigenvalue weighted by Crippen LogP contribution is -2.33. The summed E-state index contributed by atoms with van der Waals surface area (Å²) >= 11 is 0.